The molecule has 0 bridgehead atoms. The van der Waals surface area contributed by atoms with E-state index in [0.717, 1.165) is 35.5 Å². The van der Waals surface area contributed by atoms with E-state index >= 15 is 0 Å². The van der Waals surface area contributed by atoms with Crippen LogP contribution in [0.5, 0.6) is 0 Å². The lowest BCUT2D eigenvalue weighted by molar-refractivity contribution is -0.126. The predicted molar refractivity (Wildman–Crippen MR) is 179 cm³/mol. The highest BCUT2D eigenvalue weighted by Crippen LogP contribution is 2.68. The van der Waals surface area contributed by atoms with Crippen LogP contribution in [0.1, 0.15) is 160 Å². The number of fused-ring (bicyclic) bond motifs is 5. The molecule has 0 aromatic carbocycles. The summed E-state index contributed by atoms with van der Waals surface area (Å²) >= 11 is 0. The molecule has 8 unspecified atom stereocenters. The molecule has 0 radical (unpaired) electrons. The van der Waals surface area contributed by atoms with Gasteiger partial charge >= 0.3 is 0 Å². The van der Waals surface area contributed by atoms with E-state index in [1.807, 2.05) is 13.8 Å². The maximum Gasteiger partial charge on any atom is 0.0743 e. The highest BCUT2D eigenvalue weighted by atomic mass is 16.3. The molecule has 4 aliphatic carbocycles. The van der Waals surface area contributed by atoms with Gasteiger partial charge in [0.05, 0.1) is 6.10 Å². The molecule has 0 heterocycles. The third kappa shape index (κ3) is 9.08. The van der Waals surface area contributed by atoms with Gasteiger partial charge in [0.1, 0.15) is 0 Å². The highest BCUT2D eigenvalue weighted by molar-refractivity contribution is 5.10. The Morgan fingerprint density at radius 1 is 0.825 bits per heavy atom. The first-order valence-electron chi connectivity index (χ1n) is 17.8. The Bertz CT molecular complexity index is 712. The van der Waals surface area contributed by atoms with Crippen molar-refractivity contribution < 1.29 is 5.11 Å². The average Bonchev–Trinajstić information content (AvgIpc) is 3.27. The fourth-order valence-electron chi connectivity index (χ4n) is 9.43. The lowest BCUT2D eigenvalue weighted by Crippen LogP contribution is -2.54. The summed E-state index contributed by atoms with van der Waals surface area (Å²) in [7, 11) is 1.50. The number of nitrogens with two attached hydrogens (primary N) is 1. The maximum atomic E-state index is 10.1. The van der Waals surface area contributed by atoms with Gasteiger partial charge in [-0.3, -0.25) is 0 Å². The van der Waals surface area contributed by atoms with E-state index in [4.69, 9.17) is 0 Å². The van der Waals surface area contributed by atoms with Crippen LogP contribution < -0.4 is 5.73 Å². The van der Waals surface area contributed by atoms with Crippen LogP contribution in [0.15, 0.2) is 12.2 Å². The topological polar surface area (TPSA) is 46.2 Å². The van der Waals surface area contributed by atoms with Crippen molar-refractivity contribution >= 4 is 0 Å². The average molecular weight is 562 g/mol. The molecule has 4 rings (SSSR count). The first-order valence-corrected chi connectivity index (χ1v) is 17.8. The van der Waals surface area contributed by atoms with Gasteiger partial charge in [-0.15, -0.1) is 0 Å². The van der Waals surface area contributed by atoms with E-state index in [2.05, 4.69) is 80.2 Å². The zero-order chi connectivity index (χ0) is 30.7. The molecular formula is C38H75NO. The molecule has 40 heavy (non-hydrogen) atoms. The lowest BCUT2D eigenvalue weighted by Gasteiger charge is -2.62. The second-order valence-electron chi connectivity index (χ2n) is 15.5. The van der Waals surface area contributed by atoms with Crippen molar-refractivity contribution in [3.8, 4) is 0 Å². The van der Waals surface area contributed by atoms with Crippen LogP contribution >= 0.6 is 0 Å². The van der Waals surface area contributed by atoms with E-state index in [9.17, 15) is 5.11 Å². The molecular weight excluding hydrogens is 486 g/mol. The predicted octanol–water partition coefficient (Wildman–Crippen LogP) is 11.1. The zero-order valence-electron chi connectivity index (χ0n) is 29.5. The van der Waals surface area contributed by atoms with E-state index in [0.29, 0.717) is 22.2 Å². The minimum absolute atomic E-state index is 0.276. The monoisotopic (exact) mass is 562 g/mol. The second-order valence-corrected chi connectivity index (χ2v) is 15.5. The number of hydrogen-bond donors (Lipinski definition) is 2. The van der Waals surface area contributed by atoms with Gasteiger partial charge < -0.3 is 10.8 Å². The molecule has 2 heteroatoms. The number of aliphatic hydroxyl groups is 1. The third-order valence-electron chi connectivity index (χ3n) is 12.3. The highest BCUT2D eigenvalue weighted by Gasteiger charge is 2.60. The van der Waals surface area contributed by atoms with Crippen molar-refractivity contribution in [2.45, 2.75) is 166 Å². The Hall–Kier alpha value is -0.340. The summed E-state index contributed by atoms with van der Waals surface area (Å²) in [4.78, 5) is 0. The second kappa shape index (κ2) is 17.1. The van der Waals surface area contributed by atoms with E-state index in [-0.39, 0.29) is 6.10 Å². The normalized spacial score (nSPS) is 37.3. The molecule has 0 aliphatic heterocycles. The van der Waals surface area contributed by atoms with Gasteiger partial charge in [-0.25, -0.2) is 0 Å². The number of allylic oxidation sites excluding steroid dienone is 1. The molecule has 4 saturated carbocycles. The third-order valence-corrected chi connectivity index (χ3v) is 12.3. The van der Waals surface area contributed by atoms with E-state index in [1.165, 1.54) is 90.5 Å². The van der Waals surface area contributed by atoms with Crippen molar-refractivity contribution in [3.05, 3.63) is 12.2 Å². The van der Waals surface area contributed by atoms with Gasteiger partial charge in [-0.2, -0.15) is 0 Å². The summed E-state index contributed by atoms with van der Waals surface area (Å²) in [6.07, 6.45) is 22.6. The molecule has 0 aromatic rings. The largest absolute Gasteiger partial charge is 0.389 e. The van der Waals surface area contributed by atoms with Gasteiger partial charge in [-0.1, -0.05) is 108 Å². The van der Waals surface area contributed by atoms with Crippen LogP contribution in [0.25, 0.3) is 0 Å². The van der Waals surface area contributed by atoms with Crippen molar-refractivity contribution in [2.24, 2.45) is 63.4 Å². The molecule has 3 N–H and O–H groups in total. The summed E-state index contributed by atoms with van der Waals surface area (Å²) in [6, 6.07) is 0. The molecule has 2 nitrogen and oxygen atoms in total. The molecule has 4 aliphatic rings. The summed E-state index contributed by atoms with van der Waals surface area (Å²) < 4.78 is 0. The first-order chi connectivity index (χ1) is 18.9. The molecule has 0 saturated heterocycles. The SMILES string of the molecule is CC.CC(C)C(O)/C=C/CC1CCC2C3CC[C@H]4CC(C)(C)CCC4(C)C3CCC12C.CCCC(C)CC.CN. The Balaban J connectivity index is 0.000000629. The maximum absolute atomic E-state index is 10.1. The zero-order valence-corrected chi connectivity index (χ0v) is 29.5. The minimum Gasteiger partial charge on any atom is -0.389 e. The van der Waals surface area contributed by atoms with Crippen LogP contribution in [0.4, 0.5) is 0 Å². The summed E-state index contributed by atoms with van der Waals surface area (Å²) in [5.74, 6) is 6.03. The van der Waals surface area contributed by atoms with Crippen molar-refractivity contribution in [1.82, 2.24) is 0 Å². The fraction of sp³-hybridized carbons (Fsp3) is 0.947. The van der Waals surface area contributed by atoms with Crippen LogP contribution in [0, 0.1) is 57.7 Å². The van der Waals surface area contributed by atoms with E-state index < -0.39 is 0 Å². The summed E-state index contributed by atoms with van der Waals surface area (Å²) in [6.45, 7) is 25.4. The van der Waals surface area contributed by atoms with Gasteiger partial charge in [0, 0.05) is 0 Å². The van der Waals surface area contributed by atoms with Crippen LogP contribution in [0.2, 0.25) is 0 Å². The smallest absolute Gasteiger partial charge is 0.0743 e. The molecule has 238 valence electrons. The van der Waals surface area contributed by atoms with E-state index in [1.54, 1.807) is 0 Å². The standard InChI is InChI=1S/C28H48O.C7H16.C2H6.CH5N/c1-19(2)25(29)9-7-8-20-11-13-23-22-12-10-21-18-26(3,4)16-17-28(21,6)24(22)14-15-27(20,23)5;1-4-6-7(3)5-2;2*1-2/h7,9,19-25,29H,8,10-18H2,1-6H3;7H,4-6H2,1-3H3;1-2H3;2H2,1H3/b9-7+;;;/t20?,21-,22?,23?,24?,25?,27?,28?;;;/m0.../s1. The van der Waals surface area contributed by atoms with Gasteiger partial charge in [-0.05, 0) is 129 Å². The first kappa shape index (κ1) is 37.7. The Kier molecular flexibility index (Phi) is 16.1. The van der Waals surface area contributed by atoms with Crippen molar-refractivity contribution in [3.63, 3.8) is 0 Å². The van der Waals surface area contributed by atoms with Gasteiger partial charge in [0.25, 0.3) is 0 Å². The minimum atomic E-state index is -0.276. The van der Waals surface area contributed by atoms with Gasteiger partial charge in [0.2, 0.25) is 0 Å². The molecule has 4 fully saturated rings. The van der Waals surface area contributed by atoms with Gasteiger partial charge in [0.15, 0.2) is 0 Å². The summed E-state index contributed by atoms with van der Waals surface area (Å²) in [5, 5.41) is 10.1. The summed E-state index contributed by atoms with van der Waals surface area (Å²) in [5.41, 5.74) is 6.25. The Morgan fingerprint density at radius 3 is 2.00 bits per heavy atom. The quantitative estimate of drug-likeness (QED) is 0.304. The van der Waals surface area contributed by atoms with Crippen molar-refractivity contribution in [2.75, 3.05) is 7.05 Å². The molecule has 0 aromatic heterocycles. The van der Waals surface area contributed by atoms with Crippen molar-refractivity contribution in [1.29, 1.82) is 0 Å². The fourth-order valence-corrected chi connectivity index (χ4v) is 9.43. The molecule has 0 spiro atoms. The number of aliphatic hydroxyl groups excluding tert-OH is 1. The number of rotatable bonds is 7. The Morgan fingerprint density at radius 2 is 1.45 bits per heavy atom. The number of hydrogen-bond acceptors (Lipinski definition) is 2. The van der Waals surface area contributed by atoms with Crippen LogP contribution in [-0.4, -0.2) is 18.3 Å². The lowest BCUT2D eigenvalue weighted by atomic mass is 9.43. The molecule has 9 atom stereocenters. The Labute approximate surface area is 253 Å². The van der Waals surface area contributed by atoms with Crippen LogP contribution in [0.3, 0.4) is 0 Å². The van der Waals surface area contributed by atoms with Crippen LogP contribution in [-0.2, 0) is 0 Å². The molecule has 0 amide bonds.